The largest absolute Gasteiger partial charge is 0.462 e. The van der Waals surface area contributed by atoms with Gasteiger partial charge in [0.05, 0.1) is 35.7 Å². The van der Waals surface area contributed by atoms with Gasteiger partial charge >= 0.3 is 18.0 Å². The number of alkyl carbamates (subject to hydrolysis) is 1. The van der Waals surface area contributed by atoms with Gasteiger partial charge in [0.15, 0.2) is 16.0 Å². The monoisotopic (exact) mass is 1520 g/mol. The van der Waals surface area contributed by atoms with E-state index in [2.05, 4.69) is 37.2 Å². The van der Waals surface area contributed by atoms with E-state index in [1.54, 1.807) is 75.4 Å². The van der Waals surface area contributed by atoms with E-state index in [0.717, 1.165) is 38.7 Å². The molecule has 0 bridgehead atoms. The number of para-hydroxylation sites is 1. The van der Waals surface area contributed by atoms with Crippen LogP contribution < -0.4 is 57.0 Å². The van der Waals surface area contributed by atoms with Crippen LogP contribution in [0.15, 0.2) is 138 Å². The van der Waals surface area contributed by atoms with Gasteiger partial charge in [-0.25, -0.2) is 19.4 Å². The molecule has 14 atom stereocenters. The predicted octanol–water partition coefficient (Wildman–Crippen LogP) is 6.51. The number of aliphatic hydroxyl groups is 4. The molecule has 2 aromatic heterocycles. The van der Waals surface area contributed by atoms with E-state index in [-0.39, 0.29) is 73.7 Å². The van der Waals surface area contributed by atoms with Gasteiger partial charge < -0.3 is 100 Å². The molecule has 6 heterocycles. The number of amides is 3. The van der Waals surface area contributed by atoms with Crippen LogP contribution in [0.5, 0.6) is 17.2 Å². The third kappa shape index (κ3) is 17.5. The fraction of sp³-hybridized carbons (Fsp3) is 0.423. The van der Waals surface area contributed by atoms with Gasteiger partial charge in [-0.2, -0.15) is 0 Å². The van der Waals surface area contributed by atoms with Crippen molar-refractivity contribution in [1.29, 1.82) is 0 Å². The Hall–Kier alpha value is -9.73. The maximum absolute atomic E-state index is 15.0. The van der Waals surface area contributed by atoms with E-state index in [1.165, 1.54) is 25.7 Å². The highest BCUT2D eigenvalue weighted by atomic mass is 32.1. The number of fused-ring (bicyclic) bond motifs is 8. The number of thiocarbonyl (C=S) groups is 2. The van der Waals surface area contributed by atoms with Gasteiger partial charge in [-0.05, 0) is 179 Å². The van der Waals surface area contributed by atoms with Gasteiger partial charge in [0.2, 0.25) is 30.0 Å². The molecule has 28 nitrogen and oxygen atoms in total. The fourth-order valence-corrected chi connectivity index (χ4v) is 14.6. The van der Waals surface area contributed by atoms with Crippen LogP contribution in [0.4, 0.5) is 16.2 Å². The summed E-state index contributed by atoms with van der Waals surface area (Å²) in [6.07, 6.45) is -9.54. The van der Waals surface area contributed by atoms with Crippen LogP contribution in [-0.4, -0.2) is 189 Å². The summed E-state index contributed by atoms with van der Waals surface area (Å²) < 4.78 is 53.1. The third-order valence-corrected chi connectivity index (χ3v) is 20.6. The number of aromatic nitrogens is 2. The summed E-state index contributed by atoms with van der Waals surface area (Å²) in [6, 6.07) is 36.7. The molecule has 0 radical (unpaired) electrons. The van der Waals surface area contributed by atoms with Gasteiger partial charge in [0.25, 0.3) is 5.56 Å². The number of ether oxygens (including phenoxy) is 9. The third-order valence-electron chi connectivity index (χ3n) is 20.2. The first-order valence-corrected chi connectivity index (χ1v) is 36.9. The van der Waals surface area contributed by atoms with E-state index in [1.807, 2.05) is 78.9 Å². The zero-order valence-electron chi connectivity index (χ0n) is 60.4. The lowest BCUT2D eigenvalue weighted by Crippen LogP contribution is -2.59. The Balaban J connectivity index is 0.717. The lowest BCUT2D eigenvalue weighted by Gasteiger charge is -2.40. The minimum Gasteiger partial charge on any atom is -0.462 e. The van der Waals surface area contributed by atoms with E-state index in [0.29, 0.717) is 65.6 Å². The number of anilines is 2. The minimum atomic E-state index is -1.91. The summed E-state index contributed by atoms with van der Waals surface area (Å²) in [5.74, 6) is -3.05. The number of rotatable bonds is 28. The number of hydrogen-bond acceptors (Lipinski definition) is 22. The molecule has 1 aliphatic carbocycles. The zero-order chi connectivity index (χ0) is 76.5. The van der Waals surface area contributed by atoms with Crippen molar-refractivity contribution in [3.63, 3.8) is 0 Å². The molecule has 0 unspecified atom stereocenters. The van der Waals surface area contributed by atoms with Crippen LogP contribution in [-0.2, 0) is 60.6 Å². The molecule has 0 spiro atoms. The molecule has 5 aliphatic rings. The van der Waals surface area contributed by atoms with Crippen molar-refractivity contribution >= 4 is 86.8 Å². The van der Waals surface area contributed by atoms with Gasteiger partial charge in [-0.15, -0.1) is 0 Å². The summed E-state index contributed by atoms with van der Waals surface area (Å²) >= 11 is 11.5. The number of hydrogen-bond donors (Lipinski definition) is 11. The van der Waals surface area contributed by atoms with Gasteiger partial charge in [-0.3, -0.25) is 19.0 Å². The van der Waals surface area contributed by atoms with Crippen molar-refractivity contribution in [3.05, 3.63) is 166 Å². The molecule has 4 aliphatic heterocycles. The SMILES string of the molecule is CC[C@]1(OC(=O)[C@H](C)NC(=O)[C@H](CCCCNC(=O)OCC2c3ccccc3-c3ccccc32)NC(=O)[C@H](CCCCNC(=S)Nc2ccc(O[C@H]3O[C@@H](C)[C@@H](O)[C@@H](OC)[C@@H]3O)cc2)NC(=S)Nc2ccc(O[C@H]3O[C@@H](C)[C@@H](O)[C@@H](OC)[C@@H]3O)cc2)Cc2cc3n(c(=O)c2OC1=O)Cc1cc2ccccc2nc1-3. The molecule has 2 saturated heterocycles. The number of esters is 2. The van der Waals surface area contributed by atoms with E-state index in [4.69, 9.17) is 72.1 Å². The number of carbonyl (C=O) groups is 5. The summed E-state index contributed by atoms with van der Waals surface area (Å²) in [5, 5.41) is 64.7. The van der Waals surface area contributed by atoms with Gasteiger partial charge in [-0.1, -0.05) is 73.7 Å². The normalized spacial score (nSPS) is 23.3. The number of pyridine rings is 2. The Morgan fingerprint density at radius 2 is 1.19 bits per heavy atom. The van der Waals surface area contributed by atoms with Crippen molar-refractivity contribution in [1.82, 2.24) is 36.1 Å². The van der Waals surface area contributed by atoms with Crippen LogP contribution >= 0.6 is 24.4 Å². The number of nitrogens with zero attached hydrogens (tertiary/aromatic N) is 2. The first-order chi connectivity index (χ1) is 52.0. The van der Waals surface area contributed by atoms with E-state index < -0.39 is 121 Å². The van der Waals surface area contributed by atoms with Crippen molar-refractivity contribution in [3.8, 4) is 39.8 Å². The van der Waals surface area contributed by atoms with Crippen LogP contribution in [0.2, 0.25) is 0 Å². The van der Waals surface area contributed by atoms with Crippen LogP contribution in [0.25, 0.3) is 33.4 Å². The number of benzene rings is 5. The quantitative estimate of drug-likeness (QED) is 0.0141. The standard InChI is InChI=1S/C78H89N9O19S2/c1-7-78(38-45-37-59-60-46(36-44-18-8-13-23-56(44)84-60)39-87(59)70(94)65(45)105-74(78)96)106-71(95)41(2)81-68(92)57(24-15-17-35-80-77(97)100-40-55-53-21-11-9-19-51(53)52-20-10-12-22-54(52)55)85-69(93)58(86-76(108)83-48-28-32-50(33-29-48)104-73-64(91)67(99-6)62(89)43(4)102-73)25-14-16-34-79-75(107)82-47-26-30-49(31-27-47)103-72-63(90)66(98-5)61(88)42(3)101-72/h8-13,18-23,26-33,36-37,41-43,55,57-58,61-64,66-67,72-73,88-91H,7,14-17,24-25,34-35,38-40H2,1-6H3,(H,80,97)(H,81,92)(H,85,93)(H2,79,82,107)(H2,83,86,108)/t41-,42-,43-,57-,58-,61+,62+,63-,64-,66+,67+,72+,73+,78-/m0/s1. The highest BCUT2D eigenvalue weighted by Gasteiger charge is 2.50. The van der Waals surface area contributed by atoms with Crippen LogP contribution in [0.3, 0.4) is 0 Å². The molecule has 3 amide bonds. The number of nitrogens with one attached hydrogen (secondary N) is 7. The molecule has 2 fully saturated rings. The number of unbranched alkanes of at least 4 members (excludes halogenated alkanes) is 2. The average Bonchev–Trinajstić information content (AvgIpc) is 1.45. The lowest BCUT2D eigenvalue weighted by molar-refractivity contribution is -0.273. The first kappa shape index (κ1) is 77.9. The van der Waals surface area contributed by atoms with Crippen molar-refractivity contribution in [2.75, 3.05) is 44.5 Å². The fourth-order valence-electron chi connectivity index (χ4n) is 14.1. The van der Waals surface area contributed by atoms with Crippen LogP contribution in [0.1, 0.15) is 101 Å². The predicted molar refractivity (Wildman–Crippen MR) is 405 cm³/mol. The molecular formula is C78H89N9O19S2. The Morgan fingerprint density at radius 3 is 1.77 bits per heavy atom. The Bertz CT molecular complexity index is 4470. The average molecular weight is 1520 g/mol. The Kier molecular flexibility index (Phi) is 25.0. The topological polar surface area (TPSA) is 368 Å². The minimum absolute atomic E-state index is 0.001000. The second-order valence-corrected chi connectivity index (χ2v) is 28.2. The Morgan fingerprint density at radius 1 is 0.648 bits per heavy atom. The lowest BCUT2D eigenvalue weighted by atomic mass is 9.88. The molecule has 572 valence electrons. The van der Waals surface area contributed by atoms with Gasteiger partial charge in [0.1, 0.15) is 72.9 Å². The van der Waals surface area contributed by atoms with Crippen molar-refractivity contribution in [2.24, 2.45) is 0 Å². The smallest absolute Gasteiger partial charge is 0.407 e. The summed E-state index contributed by atoms with van der Waals surface area (Å²) in [6.45, 7) is 7.10. The highest BCUT2D eigenvalue weighted by Crippen LogP contribution is 2.45. The zero-order valence-corrected chi connectivity index (χ0v) is 62.0. The van der Waals surface area contributed by atoms with Crippen molar-refractivity contribution in [2.45, 2.75) is 177 Å². The molecule has 108 heavy (non-hydrogen) atoms. The molecule has 7 aromatic rings. The van der Waals surface area contributed by atoms with E-state index in [9.17, 15) is 49.2 Å². The molecule has 30 heteroatoms. The van der Waals surface area contributed by atoms with E-state index >= 15 is 0 Å². The number of aliphatic hydroxyl groups excluding tert-OH is 4. The summed E-state index contributed by atoms with van der Waals surface area (Å²) in [4.78, 5) is 90.5. The molecular weight excluding hydrogens is 1430 g/mol. The number of methoxy groups -OCH3 is 2. The van der Waals surface area contributed by atoms with Crippen molar-refractivity contribution < 1.29 is 87.0 Å². The number of carbonyl (C=O) groups excluding carboxylic acids is 5. The summed E-state index contributed by atoms with van der Waals surface area (Å²) in [5.41, 5.74) is 5.90. The van der Waals surface area contributed by atoms with Crippen LogP contribution in [0, 0.1) is 0 Å². The molecule has 5 aromatic carbocycles. The maximum atomic E-state index is 15.0. The highest BCUT2D eigenvalue weighted by molar-refractivity contribution is 7.80. The molecule has 11 N–H and O–H groups in total. The molecule has 0 saturated carbocycles. The summed E-state index contributed by atoms with van der Waals surface area (Å²) in [7, 11) is 2.75. The molecule has 12 rings (SSSR count). The first-order valence-electron chi connectivity index (χ1n) is 36.1. The van der Waals surface area contributed by atoms with Gasteiger partial charge in [0, 0.05) is 67.5 Å². The second kappa shape index (κ2) is 34.7. The second-order valence-electron chi connectivity index (χ2n) is 27.4. The maximum Gasteiger partial charge on any atom is 0.407 e. The Labute approximate surface area is 633 Å².